The summed E-state index contributed by atoms with van der Waals surface area (Å²) in [6.07, 6.45) is 1.53. The van der Waals surface area contributed by atoms with Gasteiger partial charge in [-0.15, -0.1) is 0 Å². The van der Waals surface area contributed by atoms with Gasteiger partial charge in [0.25, 0.3) is 5.22 Å². The lowest BCUT2D eigenvalue weighted by molar-refractivity contribution is -0.120. The van der Waals surface area contributed by atoms with Crippen LogP contribution in [0.1, 0.15) is 0 Å². The number of para-hydroxylation sites is 2. The fourth-order valence-corrected chi connectivity index (χ4v) is 3.41. The summed E-state index contributed by atoms with van der Waals surface area (Å²) in [5.74, 6) is -0.215. The van der Waals surface area contributed by atoms with Crippen LogP contribution in [0.2, 0.25) is 0 Å². The van der Waals surface area contributed by atoms with Crippen molar-refractivity contribution in [1.82, 2.24) is 4.98 Å². The zero-order chi connectivity index (χ0) is 18.8. The lowest BCUT2D eigenvalue weighted by Gasteiger charge is -2.28. The quantitative estimate of drug-likeness (QED) is 0.697. The minimum Gasteiger partial charge on any atom is -0.431 e. The maximum Gasteiger partial charge on any atom is 0.256 e. The average Bonchev–Trinajstić information content (AvgIpc) is 3.15. The van der Waals surface area contributed by atoms with Crippen molar-refractivity contribution in [1.29, 1.82) is 0 Å². The van der Waals surface area contributed by atoms with Crippen molar-refractivity contribution >= 4 is 35.0 Å². The van der Waals surface area contributed by atoms with Crippen LogP contribution in [-0.4, -0.2) is 29.1 Å². The van der Waals surface area contributed by atoms with Crippen LogP contribution in [0.15, 0.2) is 64.4 Å². The topological polar surface area (TPSA) is 75.4 Å². The molecule has 1 aromatic heterocycles. The van der Waals surface area contributed by atoms with E-state index in [2.05, 4.69) is 10.3 Å². The first-order valence-electron chi connectivity index (χ1n) is 8.14. The lowest BCUT2D eigenvalue weighted by Crippen LogP contribution is -2.43. The fourth-order valence-electron chi connectivity index (χ4n) is 2.73. The van der Waals surface area contributed by atoms with E-state index < -0.39 is 0 Å². The number of hydrogen-bond acceptors (Lipinski definition) is 5. The summed E-state index contributed by atoms with van der Waals surface area (Å²) in [5.41, 5.74) is 1.98. The van der Waals surface area contributed by atoms with E-state index in [1.807, 2.05) is 6.07 Å². The smallest absolute Gasteiger partial charge is 0.256 e. The summed E-state index contributed by atoms with van der Waals surface area (Å²) in [6.45, 7) is -0.0250. The van der Waals surface area contributed by atoms with Gasteiger partial charge < -0.3 is 14.6 Å². The first-order chi connectivity index (χ1) is 13.1. The molecule has 0 bridgehead atoms. The molecule has 0 aliphatic carbocycles. The van der Waals surface area contributed by atoms with E-state index in [-0.39, 0.29) is 29.9 Å². The van der Waals surface area contributed by atoms with Crippen LogP contribution in [0.4, 0.5) is 15.8 Å². The Morgan fingerprint density at radius 1 is 1.22 bits per heavy atom. The predicted molar refractivity (Wildman–Crippen MR) is 100 cm³/mol. The third kappa shape index (κ3) is 3.70. The standard InChI is InChI=1S/C19H14FN3O3S/c20-13-7-5-12(6-8-13)16-9-21-19(26-16)27-11-18(25)23-10-17(24)22-14-3-1-2-4-15(14)23/h1-9H,10-11H2,(H,22,24). The molecule has 6 nitrogen and oxygen atoms in total. The van der Waals surface area contributed by atoms with E-state index >= 15 is 0 Å². The summed E-state index contributed by atoms with van der Waals surface area (Å²) in [7, 11) is 0. The summed E-state index contributed by atoms with van der Waals surface area (Å²) >= 11 is 1.14. The molecule has 0 unspecified atom stereocenters. The molecule has 1 aliphatic rings. The summed E-state index contributed by atoms with van der Waals surface area (Å²) in [4.78, 5) is 30.0. The maximum atomic E-state index is 13.0. The van der Waals surface area contributed by atoms with E-state index in [0.717, 1.165) is 11.8 Å². The van der Waals surface area contributed by atoms with Crippen molar-refractivity contribution in [2.24, 2.45) is 0 Å². The van der Waals surface area contributed by atoms with Crippen molar-refractivity contribution in [3.05, 3.63) is 60.5 Å². The van der Waals surface area contributed by atoms with Gasteiger partial charge in [0.15, 0.2) is 5.76 Å². The fraction of sp³-hybridized carbons (Fsp3) is 0.105. The highest BCUT2D eigenvalue weighted by Crippen LogP contribution is 2.30. The number of nitrogens with zero attached hydrogens (tertiary/aromatic N) is 2. The highest BCUT2D eigenvalue weighted by molar-refractivity contribution is 7.99. The Labute approximate surface area is 158 Å². The number of amides is 2. The third-order valence-electron chi connectivity index (χ3n) is 4.00. The molecule has 0 atom stereocenters. The molecule has 0 saturated heterocycles. The molecule has 2 heterocycles. The Morgan fingerprint density at radius 2 is 2.00 bits per heavy atom. The summed E-state index contributed by atoms with van der Waals surface area (Å²) in [6, 6.07) is 13.0. The van der Waals surface area contributed by atoms with Gasteiger partial charge >= 0.3 is 0 Å². The number of oxazole rings is 1. The van der Waals surface area contributed by atoms with Crippen LogP contribution in [0.25, 0.3) is 11.3 Å². The number of nitrogens with one attached hydrogen (secondary N) is 1. The summed E-state index contributed by atoms with van der Waals surface area (Å²) in [5, 5.41) is 3.08. The van der Waals surface area contributed by atoms with Crippen LogP contribution >= 0.6 is 11.8 Å². The van der Waals surface area contributed by atoms with Crippen molar-refractivity contribution in [3.8, 4) is 11.3 Å². The van der Waals surface area contributed by atoms with E-state index in [0.29, 0.717) is 27.9 Å². The summed E-state index contributed by atoms with van der Waals surface area (Å²) < 4.78 is 18.6. The number of rotatable bonds is 4. The Bertz CT molecular complexity index is 1000. The molecule has 1 aliphatic heterocycles. The van der Waals surface area contributed by atoms with Crippen LogP contribution < -0.4 is 10.2 Å². The first kappa shape index (κ1) is 17.3. The number of benzene rings is 2. The van der Waals surface area contributed by atoms with Crippen LogP contribution in [0.3, 0.4) is 0 Å². The van der Waals surface area contributed by atoms with Crippen molar-refractivity contribution < 1.29 is 18.4 Å². The SMILES string of the molecule is O=C1CN(C(=O)CSc2ncc(-c3ccc(F)cc3)o2)c2ccccc2N1. The van der Waals surface area contributed by atoms with E-state index in [4.69, 9.17) is 4.42 Å². The van der Waals surface area contributed by atoms with Crippen LogP contribution in [0.5, 0.6) is 0 Å². The lowest BCUT2D eigenvalue weighted by atomic mass is 10.2. The molecule has 0 saturated carbocycles. The zero-order valence-corrected chi connectivity index (χ0v) is 14.8. The van der Waals surface area contributed by atoms with E-state index in [1.165, 1.54) is 23.2 Å². The Hall–Kier alpha value is -3.13. The molecule has 0 radical (unpaired) electrons. The molecule has 136 valence electrons. The molecule has 4 rings (SSSR count). The Kier molecular flexibility index (Phi) is 4.64. The molecule has 0 fully saturated rings. The highest BCUT2D eigenvalue weighted by atomic mass is 32.2. The van der Waals surface area contributed by atoms with E-state index in [9.17, 15) is 14.0 Å². The maximum absolute atomic E-state index is 13.0. The number of carbonyl (C=O) groups excluding carboxylic acids is 2. The minimum absolute atomic E-state index is 0.0250. The van der Waals surface area contributed by atoms with Crippen LogP contribution in [-0.2, 0) is 9.59 Å². The second kappa shape index (κ2) is 7.24. The predicted octanol–water partition coefficient (Wildman–Crippen LogP) is 3.56. The van der Waals surface area contributed by atoms with Gasteiger partial charge in [-0.1, -0.05) is 23.9 Å². The molecule has 1 N–H and O–H groups in total. The third-order valence-corrected chi connectivity index (χ3v) is 4.83. The van der Waals surface area contributed by atoms with Crippen LogP contribution in [0, 0.1) is 5.82 Å². The molecule has 8 heteroatoms. The highest BCUT2D eigenvalue weighted by Gasteiger charge is 2.26. The molecule has 2 aromatic carbocycles. The second-order valence-electron chi connectivity index (χ2n) is 5.83. The minimum atomic E-state index is -0.329. The molecular formula is C19H14FN3O3S. The molecule has 0 spiro atoms. The van der Waals surface area contributed by atoms with Gasteiger partial charge in [0, 0.05) is 5.56 Å². The number of fused-ring (bicyclic) bond motifs is 1. The second-order valence-corrected chi connectivity index (χ2v) is 6.76. The molecular weight excluding hydrogens is 369 g/mol. The molecule has 3 aromatic rings. The number of hydrogen-bond donors (Lipinski definition) is 1. The zero-order valence-electron chi connectivity index (χ0n) is 14.0. The first-order valence-corrected chi connectivity index (χ1v) is 9.12. The number of carbonyl (C=O) groups is 2. The van der Waals surface area contributed by atoms with Gasteiger partial charge in [0.1, 0.15) is 12.4 Å². The van der Waals surface area contributed by atoms with Crippen molar-refractivity contribution in [2.45, 2.75) is 5.22 Å². The Morgan fingerprint density at radius 3 is 2.81 bits per heavy atom. The number of anilines is 2. The number of halogens is 1. The largest absolute Gasteiger partial charge is 0.431 e. The number of aromatic nitrogens is 1. The van der Waals surface area contributed by atoms with Gasteiger partial charge in [-0.2, -0.15) is 0 Å². The van der Waals surface area contributed by atoms with Crippen molar-refractivity contribution in [3.63, 3.8) is 0 Å². The van der Waals surface area contributed by atoms with Crippen molar-refractivity contribution in [2.75, 3.05) is 22.5 Å². The molecule has 27 heavy (non-hydrogen) atoms. The van der Waals surface area contributed by atoms with Gasteiger partial charge in [0.2, 0.25) is 11.8 Å². The van der Waals surface area contributed by atoms with Gasteiger partial charge in [-0.25, -0.2) is 9.37 Å². The average molecular weight is 383 g/mol. The number of thioether (sulfide) groups is 1. The normalized spacial score (nSPS) is 13.2. The monoisotopic (exact) mass is 383 g/mol. The van der Waals surface area contributed by atoms with Gasteiger partial charge in [0.05, 0.1) is 23.3 Å². The van der Waals surface area contributed by atoms with E-state index in [1.54, 1.807) is 30.3 Å². The Balaban J connectivity index is 1.44. The van der Waals surface area contributed by atoms with Gasteiger partial charge in [-0.05, 0) is 36.4 Å². The molecule has 2 amide bonds. The van der Waals surface area contributed by atoms with Gasteiger partial charge in [-0.3, -0.25) is 9.59 Å².